The highest BCUT2D eigenvalue weighted by atomic mass is 32.2. The number of hydrogen-bond acceptors (Lipinski definition) is 4. The monoisotopic (exact) mass is 452 g/mol. The molecule has 0 spiro atoms. The minimum atomic E-state index is -4.98. The SMILES string of the molecule is Cc1cc(F)c(-n2cnc3ccc(OC(F)(F)F)cc3c2=O)cc1SCC(F)(F)F. The summed E-state index contributed by atoms with van der Waals surface area (Å²) in [5.74, 6) is -2.80. The number of alkyl halides is 6. The van der Waals surface area contributed by atoms with Gasteiger partial charge >= 0.3 is 12.5 Å². The summed E-state index contributed by atoms with van der Waals surface area (Å²) < 4.78 is 93.8. The number of halogens is 7. The summed E-state index contributed by atoms with van der Waals surface area (Å²) >= 11 is 0.417. The number of hydrogen-bond donors (Lipinski definition) is 0. The van der Waals surface area contributed by atoms with E-state index in [2.05, 4.69) is 9.72 Å². The molecule has 0 unspecified atom stereocenters. The second kappa shape index (κ2) is 7.82. The molecule has 3 aromatic rings. The Morgan fingerprint density at radius 3 is 2.43 bits per heavy atom. The van der Waals surface area contributed by atoms with Crippen LogP contribution in [0, 0.1) is 12.7 Å². The summed E-state index contributed by atoms with van der Waals surface area (Å²) in [6, 6.07) is 4.92. The van der Waals surface area contributed by atoms with E-state index in [9.17, 15) is 35.5 Å². The van der Waals surface area contributed by atoms with Gasteiger partial charge in [-0.3, -0.25) is 9.36 Å². The van der Waals surface area contributed by atoms with Crippen LogP contribution in [-0.4, -0.2) is 27.8 Å². The molecule has 0 atom stereocenters. The average molecular weight is 452 g/mol. The van der Waals surface area contributed by atoms with Gasteiger partial charge in [-0.1, -0.05) is 0 Å². The Hall–Kier alpha value is -2.76. The first-order chi connectivity index (χ1) is 13.8. The number of nitrogens with zero attached hydrogens (tertiary/aromatic N) is 2. The molecule has 0 aliphatic carbocycles. The molecule has 12 heteroatoms. The molecular weight excluding hydrogens is 441 g/mol. The Labute approximate surface area is 168 Å². The number of fused-ring (bicyclic) bond motifs is 1. The molecule has 0 fully saturated rings. The van der Waals surface area contributed by atoms with E-state index in [1.807, 2.05) is 0 Å². The van der Waals surface area contributed by atoms with E-state index in [1.54, 1.807) is 0 Å². The molecular formula is C18H11F7N2O2S. The van der Waals surface area contributed by atoms with Crippen LogP contribution in [0.1, 0.15) is 5.56 Å². The first-order valence-corrected chi connectivity index (χ1v) is 9.10. The fourth-order valence-electron chi connectivity index (χ4n) is 2.61. The number of thioether (sulfide) groups is 1. The maximum absolute atomic E-state index is 14.5. The summed E-state index contributed by atoms with van der Waals surface area (Å²) in [6.45, 7) is 1.41. The van der Waals surface area contributed by atoms with Crippen molar-refractivity contribution in [1.82, 2.24) is 9.55 Å². The maximum atomic E-state index is 14.5. The van der Waals surface area contributed by atoms with Crippen LogP contribution >= 0.6 is 11.8 Å². The lowest BCUT2D eigenvalue weighted by molar-refractivity contribution is -0.274. The summed E-state index contributed by atoms with van der Waals surface area (Å²) in [5, 5.41) is -0.288. The third-order valence-corrected chi connectivity index (χ3v) is 5.08. The van der Waals surface area contributed by atoms with Crippen LogP contribution < -0.4 is 10.3 Å². The number of aromatic nitrogens is 2. The van der Waals surface area contributed by atoms with Crippen molar-refractivity contribution in [3.05, 3.63) is 58.4 Å². The summed E-state index contributed by atoms with van der Waals surface area (Å²) in [7, 11) is 0. The predicted octanol–water partition coefficient (Wildman–Crippen LogP) is 5.39. The molecule has 0 radical (unpaired) electrons. The van der Waals surface area contributed by atoms with Gasteiger partial charge in [-0.25, -0.2) is 9.37 Å². The lowest BCUT2D eigenvalue weighted by Gasteiger charge is -2.13. The van der Waals surface area contributed by atoms with Crippen LogP contribution in [0.3, 0.4) is 0 Å². The third-order valence-electron chi connectivity index (χ3n) is 3.86. The fraction of sp³-hybridized carbons (Fsp3) is 0.222. The average Bonchev–Trinajstić information content (AvgIpc) is 2.60. The molecule has 1 heterocycles. The van der Waals surface area contributed by atoms with Gasteiger partial charge in [-0.2, -0.15) is 13.2 Å². The number of aryl methyl sites for hydroxylation is 1. The Bertz CT molecular complexity index is 1160. The molecule has 1 aromatic heterocycles. The largest absolute Gasteiger partial charge is 0.573 e. The van der Waals surface area contributed by atoms with Crippen molar-refractivity contribution in [3.8, 4) is 11.4 Å². The molecule has 160 valence electrons. The first-order valence-electron chi connectivity index (χ1n) is 8.11. The van der Waals surface area contributed by atoms with Gasteiger partial charge in [-0.05, 0) is 42.8 Å². The molecule has 0 saturated heterocycles. The van der Waals surface area contributed by atoms with Crippen molar-refractivity contribution < 1.29 is 35.5 Å². The Kier molecular flexibility index (Phi) is 5.72. The molecule has 0 aliphatic rings. The topological polar surface area (TPSA) is 44.1 Å². The van der Waals surface area contributed by atoms with Crippen molar-refractivity contribution in [2.24, 2.45) is 0 Å². The number of ether oxygens (including phenoxy) is 1. The van der Waals surface area contributed by atoms with Crippen molar-refractivity contribution in [2.45, 2.75) is 24.4 Å². The van der Waals surface area contributed by atoms with E-state index in [-0.39, 0.29) is 27.0 Å². The van der Waals surface area contributed by atoms with Crippen LogP contribution in [0.4, 0.5) is 30.7 Å². The van der Waals surface area contributed by atoms with Gasteiger partial charge in [0.2, 0.25) is 0 Å². The van der Waals surface area contributed by atoms with Gasteiger partial charge in [0, 0.05) is 4.90 Å². The van der Waals surface area contributed by atoms with Crippen LogP contribution in [0.5, 0.6) is 5.75 Å². The molecule has 0 N–H and O–H groups in total. The Morgan fingerprint density at radius 2 is 1.80 bits per heavy atom. The molecule has 0 saturated carbocycles. The molecule has 4 nitrogen and oxygen atoms in total. The summed E-state index contributed by atoms with van der Waals surface area (Å²) in [4.78, 5) is 16.7. The van der Waals surface area contributed by atoms with Gasteiger partial charge in [-0.15, -0.1) is 24.9 Å². The van der Waals surface area contributed by atoms with Crippen LogP contribution in [0.2, 0.25) is 0 Å². The fourth-order valence-corrected chi connectivity index (χ4v) is 3.41. The molecule has 2 aromatic carbocycles. The minimum Gasteiger partial charge on any atom is -0.406 e. The summed E-state index contributed by atoms with van der Waals surface area (Å²) in [5.41, 5.74) is -1.04. The minimum absolute atomic E-state index is 0.0324. The zero-order valence-electron chi connectivity index (χ0n) is 14.9. The Balaban J connectivity index is 2.09. The van der Waals surface area contributed by atoms with Crippen molar-refractivity contribution in [2.75, 3.05) is 5.75 Å². The molecule has 0 amide bonds. The van der Waals surface area contributed by atoms with Gasteiger partial charge in [0.05, 0.1) is 22.3 Å². The van der Waals surface area contributed by atoms with Gasteiger partial charge in [0.1, 0.15) is 17.9 Å². The highest BCUT2D eigenvalue weighted by molar-refractivity contribution is 7.99. The van der Waals surface area contributed by atoms with E-state index in [0.29, 0.717) is 16.3 Å². The first kappa shape index (κ1) is 21.9. The van der Waals surface area contributed by atoms with Crippen molar-refractivity contribution in [3.63, 3.8) is 0 Å². The highest BCUT2D eigenvalue weighted by Crippen LogP contribution is 2.32. The summed E-state index contributed by atoms with van der Waals surface area (Å²) in [6.07, 6.45) is -8.49. The predicted molar refractivity (Wildman–Crippen MR) is 95.5 cm³/mol. The van der Waals surface area contributed by atoms with Gasteiger partial charge in [0.15, 0.2) is 0 Å². The zero-order valence-corrected chi connectivity index (χ0v) is 15.8. The van der Waals surface area contributed by atoms with Crippen molar-refractivity contribution >= 4 is 22.7 Å². The normalized spacial score (nSPS) is 12.4. The van der Waals surface area contributed by atoms with Gasteiger partial charge in [0.25, 0.3) is 5.56 Å². The molecule has 3 rings (SSSR count). The maximum Gasteiger partial charge on any atom is 0.573 e. The third kappa shape index (κ3) is 5.04. The van der Waals surface area contributed by atoms with E-state index in [0.717, 1.165) is 36.7 Å². The standard InChI is InChI=1S/C18H11F7N2O2S/c1-9-4-12(19)14(6-15(9)30-7-17(20,21)22)27-8-26-13-3-2-10(29-18(23,24)25)5-11(13)16(27)28/h2-6,8H,7H2,1H3. The van der Waals surface area contributed by atoms with E-state index < -0.39 is 35.4 Å². The number of benzene rings is 2. The quantitative estimate of drug-likeness (QED) is 0.394. The second-order valence-corrected chi connectivity index (χ2v) is 7.14. The van der Waals surface area contributed by atoms with Crippen LogP contribution in [0.25, 0.3) is 16.6 Å². The number of rotatable bonds is 4. The second-order valence-electron chi connectivity index (χ2n) is 6.12. The van der Waals surface area contributed by atoms with Gasteiger partial charge < -0.3 is 4.74 Å². The van der Waals surface area contributed by atoms with E-state index in [4.69, 9.17) is 0 Å². The zero-order chi connectivity index (χ0) is 22.3. The molecule has 30 heavy (non-hydrogen) atoms. The Morgan fingerprint density at radius 1 is 1.10 bits per heavy atom. The lowest BCUT2D eigenvalue weighted by atomic mass is 10.2. The van der Waals surface area contributed by atoms with E-state index >= 15 is 0 Å². The smallest absolute Gasteiger partial charge is 0.406 e. The van der Waals surface area contributed by atoms with Crippen LogP contribution in [0.15, 0.2) is 46.3 Å². The molecule has 0 aliphatic heterocycles. The highest BCUT2D eigenvalue weighted by Gasteiger charge is 2.31. The molecule has 0 bridgehead atoms. The van der Waals surface area contributed by atoms with E-state index in [1.165, 1.54) is 6.92 Å². The van der Waals surface area contributed by atoms with Crippen LogP contribution in [-0.2, 0) is 0 Å². The van der Waals surface area contributed by atoms with Crippen molar-refractivity contribution in [1.29, 1.82) is 0 Å². The lowest BCUT2D eigenvalue weighted by Crippen LogP contribution is -2.21.